The summed E-state index contributed by atoms with van der Waals surface area (Å²) in [7, 11) is 0. The second-order valence-corrected chi connectivity index (χ2v) is 9.45. The van der Waals surface area contributed by atoms with Gasteiger partial charge in [0.25, 0.3) is 0 Å². The van der Waals surface area contributed by atoms with Crippen LogP contribution >= 0.6 is 23.6 Å². The van der Waals surface area contributed by atoms with Crippen LogP contribution in [0.4, 0.5) is 21.3 Å². The van der Waals surface area contributed by atoms with E-state index >= 15 is 0 Å². The summed E-state index contributed by atoms with van der Waals surface area (Å²) in [6.07, 6.45) is 1.07. The zero-order valence-electron chi connectivity index (χ0n) is 17.6. The molecule has 2 aliphatic rings. The minimum atomic E-state index is -0.379. The van der Waals surface area contributed by atoms with Crippen molar-refractivity contribution in [1.29, 1.82) is 0 Å². The van der Waals surface area contributed by atoms with Gasteiger partial charge < -0.3 is 15.0 Å². The molecule has 0 aliphatic carbocycles. The van der Waals surface area contributed by atoms with E-state index in [1.165, 1.54) is 11.3 Å². The molecule has 2 aliphatic heterocycles. The monoisotopic (exact) mass is 476 g/mol. The van der Waals surface area contributed by atoms with Crippen molar-refractivity contribution >= 4 is 51.1 Å². The van der Waals surface area contributed by atoms with Crippen LogP contribution in [0.3, 0.4) is 0 Å². The number of hydrogen-bond acceptors (Lipinski definition) is 9. The number of nitrogens with zero attached hydrogens (tertiary/aromatic N) is 5. The Morgan fingerprint density at radius 3 is 2.72 bits per heavy atom. The minimum absolute atomic E-state index is 0.182. The Hall–Kier alpha value is -2.83. The van der Waals surface area contributed by atoms with E-state index in [2.05, 4.69) is 20.1 Å². The Morgan fingerprint density at radius 1 is 1.31 bits per heavy atom. The molecule has 12 heteroatoms. The lowest BCUT2D eigenvalue weighted by Gasteiger charge is -2.35. The molecule has 1 atom stereocenters. The maximum absolute atomic E-state index is 12.2. The first-order chi connectivity index (χ1) is 15.4. The summed E-state index contributed by atoms with van der Waals surface area (Å²) in [5, 5.41) is 14.1. The fourth-order valence-electron chi connectivity index (χ4n) is 3.73. The van der Waals surface area contributed by atoms with Crippen LogP contribution in [0.1, 0.15) is 11.8 Å². The van der Waals surface area contributed by atoms with Crippen LogP contribution in [-0.2, 0) is 11.3 Å². The number of anilines is 2. The lowest BCUT2D eigenvalue weighted by Crippen LogP contribution is -2.46. The molecule has 10 nitrogen and oxygen atoms in total. The molecule has 2 saturated heterocycles. The van der Waals surface area contributed by atoms with Gasteiger partial charge in [0.2, 0.25) is 0 Å². The molecule has 2 fully saturated rings. The first-order valence-electron chi connectivity index (χ1n) is 10.3. The second kappa shape index (κ2) is 9.76. The fraction of sp³-hybridized carbons (Fsp3) is 0.450. The lowest BCUT2D eigenvalue weighted by atomic mass is 10.2. The van der Waals surface area contributed by atoms with E-state index in [-0.39, 0.29) is 22.1 Å². The molecule has 1 unspecified atom stereocenters. The number of nitrogens with one attached hydrogen (secondary N) is 1. The quantitative estimate of drug-likeness (QED) is 0.367. The van der Waals surface area contributed by atoms with Gasteiger partial charge in [-0.05, 0) is 25.1 Å². The van der Waals surface area contributed by atoms with Crippen LogP contribution < -0.4 is 15.1 Å². The largest absolute Gasteiger partial charge is 0.442 e. The van der Waals surface area contributed by atoms with Gasteiger partial charge in [-0.1, -0.05) is 23.6 Å². The van der Waals surface area contributed by atoms with Crippen LogP contribution in [-0.4, -0.2) is 71.3 Å². The molecule has 0 radical (unpaired) electrons. The molecule has 0 bridgehead atoms. The average molecular weight is 477 g/mol. The first kappa shape index (κ1) is 22.4. The maximum Gasteiger partial charge on any atom is 0.414 e. The van der Waals surface area contributed by atoms with Crippen molar-refractivity contribution in [2.45, 2.75) is 19.6 Å². The highest BCUT2D eigenvalue weighted by molar-refractivity contribution is 7.80. The molecule has 0 saturated carbocycles. The molecule has 2 aromatic heterocycles. The molecule has 0 aromatic carbocycles. The molecule has 4 rings (SSSR count). The van der Waals surface area contributed by atoms with Gasteiger partial charge in [0.1, 0.15) is 11.9 Å². The number of amides is 1. The molecular weight excluding hydrogens is 452 g/mol. The molecule has 1 N–H and O–H groups in total. The number of cyclic esters (lactones) is 1. The van der Waals surface area contributed by atoms with Crippen LogP contribution in [0.5, 0.6) is 0 Å². The van der Waals surface area contributed by atoms with Crippen molar-refractivity contribution in [2.24, 2.45) is 0 Å². The van der Waals surface area contributed by atoms with Gasteiger partial charge in [-0.15, -0.1) is 0 Å². The summed E-state index contributed by atoms with van der Waals surface area (Å²) >= 11 is 6.23. The van der Waals surface area contributed by atoms with E-state index in [4.69, 9.17) is 17.0 Å². The number of aromatic nitrogens is 1. The smallest absolute Gasteiger partial charge is 0.414 e. The third-order valence-electron chi connectivity index (χ3n) is 5.40. The summed E-state index contributed by atoms with van der Waals surface area (Å²) in [5.41, 5.74) is 0.707. The van der Waals surface area contributed by atoms with E-state index < -0.39 is 0 Å². The molecule has 32 heavy (non-hydrogen) atoms. The zero-order chi connectivity index (χ0) is 22.7. The van der Waals surface area contributed by atoms with Crippen LogP contribution in [0.15, 0.2) is 30.5 Å². The van der Waals surface area contributed by atoms with Crippen LogP contribution in [0, 0.1) is 10.1 Å². The molecular formula is C20H24N6O4S2. The Bertz CT molecular complexity index is 990. The number of hydrogen-bond donors (Lipinski definition) is 1. The molecule has 4 heterocycles. The summed E-state index contributed by atoms with van der Waals surface area (Å²) in [5.74, 6) is 0.863. The SMILES string of the molecule is CC(=S)NCC1CN(c2ccc(N3CCN(Cc4ccc([N+](=O)[O-])s4)CC3)nc2)C(=O)O1. The average Bonchev–Trinajstić information content (AvgIpc) is 3.40. The van der Waals surface area contributed by atoms with E-state index in [0.717, 1.165) is 36.9 Å². The van der Waals surface area contributed by atoms with Crippen molar-refractivity contribution in [2.75, 3.05) is 49.1 Å². The van der Waals surface area contributed by atoms with Crippen molar-refractivity contribution in [1.82, 2.24) is 15.2 Å². The molecule has 0 spiro atoms. The van der Waals surface area contributed by atoms with Gasteiger partial charge in [0.05, 0.1) is 34.9 Å². The standard InChI is InChI=1S/C20H24N6O4S2/c1-14(31)21-11-16-12-25(20(27)30-16)15-2-4-18(22-10-15)24-8-6-23(7-9-24)13-17-3-5-19(32-17)26(28)29/h2-5,10,16H,6-9,11-13H2,1H3,(H,21,31). The van der Waals surface area contributed by atoms with Gasteiger partial charge in [0, 0.05) is 43.7 Å². The molecule has 2 aromatic rings. The maximum atomic E-state index is 12.2. The number of ether oxygens (including phenoxy) is 1. The summed E-state index contributed by atoms with van der Waals surface area (Å²) in [4.78, 5) is 35.0. The van der Waals surface area contributed by atoms with E-state index in [9.17, 15) is 14.9 Å². The Balaban J connectivity index is 1.29. The van der Waals surface area contributed by atoms with Crippen LogP contribution in [0.25, 0.3) is 0 Å². The topological polar surface area (TPSA) is 104 Å². The summed E-state index contributed by atoms with van der Waals surface area (Å²) in [6.45, 7) is 6.78. The number of carbonyl (C=O) groups is 1. The van der Waals surface area contributed by atoms with Crippen LogP contribution in [0.2, 0.25) is 0 Å². The Labute approximate surface area is 194 Å². The zero-order valence-corrected chi connectivity index (χ0v) is 19.2. The fourth-order valence-corrected chi connectivity index (χ4v) is 4.67. The summed E-state index contributed by atoms with van der Waals surface area (Å²) in [6, 6.07) is 7.21. The highest BCUT2D eigenvalue weighted by atomic mass is 32.1. The van der Waals surface area contributed by atoms with E-state index in [1.807, 2.05) is 18.2 Å². The van der Waals surface area contributed by atoms with Gasteiger partial charge in [0.15, 0.2) is 0 Å². The third-order valence-corrected chi connectivity index (χ3v) is 6.57. The number of thiophene rings is 1. The normalized spacial score (nSPS) is 19.2. The number of piperazine rings is 1. The van der Waals surface area contributed by atoms with Gasteiger partial charge in [-0.3, -0.25) is 19.9 Å². The van der Waals surface area contributed by atoms with Gasteiger partial charge >= 0.3 is 11.1 Å². The third kappa shape index (κ3) is 5.31. The highest BCUT2D eigenvalue weighted by Gasteiger charge is 2.32. The number of thiocarbonyl (C=S) groups is 1. The van der Waals surface area contributed by atoms with Gasteiger partial charge in [-0.25, -0.2) is 9.78 Å². The van der Waals surface area contributed by atoms with Crippen molar-refractivity contribution < 1.29 is 14.5 Å². The van der Waals surface area contributed by atoms with Crippen molar-refractivity contribution in [3.8, 4) is 0 Å². The lowest BCUT2D eigenvalue weighted by molar-refractivity contribution is -0.380. The number of pyridine rings is 1. The summed E-state index contributed by atoms with van der Waals surface area (Å²) < 4.78 is 5.39. The number of nitro groups is 1. The van der Waals surface area contributed by atoms with Gasteiger partial charge in [-0.2, -0.15) is 0 Å². The molecule has 170 valence electrons. The van der Waals surface area contributed by atoms with E-state index in [1.54, 1.807) is 24.1 Å². The minimum Gasteiger partial charge on any atom is -0.442 e. The number of rotatable bonds is 7. The first-order valence-corrected chi connectivity index (χ1v) is 11.5. The number of carbonyl (C=O) groups excluding carboxylic acids is 1. The second-order valence-electron chi connectivity index (χ2n) is 7.69. The predicted octanol–water partition coefficient (Wildman–Crippen LogP) is 2.64. The van der Waals surface area contributed by atoms with Crippen molar-refractivity contribution in [3.63, 3.8) is 0 Å². The van der Waals surface area contributed by atoms with Crippen molar-refractivity contribution in [3.05, 3.63) is 45.5 Å². The van der Waals surface area contributed by atoms with E-state index in [0.29, 0.717) is 30.3 Å². The Kier molecular flexibility index (Phi) is 6.82. The highest BCUT2D eigenvalue weighted by Crippen LogP contribution is 2.26. The Morgan fingerprint density at radius 2 is 2.09 bits per heavy atom. The molecule has 1 amide bonds. The predicted molar refractivity (Wildman–Crippen MR) is 127 cm³/mol.